The van der Waals surface area contributed by atoms with Gasteiger partial charge in [0.25, 0.3) is 0 Å². The highest BCUT2D eigenvalue weighted by atomic mass is 16.1. The van der Waals surface area contributed by atoms with Crippen molar-refractivity contribution in [3.63, 3.8) is 0 Å². The smallest absolute Gasteiger partial charge is 0.135 e. The molecule has 0 aromatic carbocycles. The summed E-state index contributed by atoms with van der Waals surface area (Å²) in [5.41, 5.74) is -7.89. The van der Waals surface area contributed by atoms with Crippen LogP contribution in [0.1, 0.15) is 87.7 Å². The summed E-state index contributed by atoms with van der Waals surface area (Å²) in [7, 11) is 0. The molecule has 0 aliphatic rings. The van der Waals surface area contributed by atoms with Gasteiger partial charge in [0.1, 0.15) is 11.6 Å². The van der Waals surface area contributed by atoms with Gasteiger partial charge in [0.15, 0.2) is 0 Å². The maximum Gasteiger partial charge on any atom is 0.135 e. The maximum atomic E-state index is 11.8. The highest BCUT2D eigenvalue weighted by Crippen LogP contribution is 2.13. The van der Waals surface area contributed by atoms with Gasteiger partial charge in [-0.2, -0.15) is 0 Å². The van der Waals surface area contributed by atoms with Crippen LogP contribution in [0.25, 0.3) is 0 Å². The molecule has 0 amide bonds. The predicted molar refractivity (Wildman–Crippen MR) is 60.3 cm³/mol. The first kappa shape index (κ1) is 1.63. The molecule has 0 N–H and O–H groups in total. The quantitative estimate of drug-likeness (QED) is 0.633. The van der Waals surface area contributed by atoms with Crippen molar-refractivity contribution >= 4 is 11.6 Å². The van der Waals surface area contributed by atoms with Gasteiger partial charge in [-0.25, -0.2) is 0 Å². The summed E-state index contributed by atoms with van der Waals surface area (Å²) in [6.07, 6.45) is 0. The maximum absolute atomic E-state index is 11.8. The van der Waals surface area contributed by atoms with Crippen LogP contribution in [0.15, 0.2) is 0 Å². The Morgan fingerprint density at radius 2 is 1.07 bits per heavy atom. The van der Waals surface area contributed by atoms with Crippen LogP contribution in [0, 0.1) is 10.8 Å². The van der Waals surface area contributed by atoms with Gasteiger partial charge >= 0.3 is 0 Å². The third-order valence-corrected chi connectivity index (χ3v) is 0.681. The molecule has 0 saturated carbocycles. The van der Waals surface area contributed by atoms with Gasteiger partial charge in [0.2, 0.25) is 0 Å². The predicted octanol–water partition coefficient (Wildman–Crippen LogP) is 3.24. The van der Waals surface area contributed by atoms with Crippen molar-refractivity contribution in [3.05, 3.63) is 0 Å². The van der Waals surface area contributed by atoms with Crippen molar-refractivity contribution in [1.82, 2.24) is 0 Å². The molecule has 0 aliphatic heterocycles. The molecule has 0 heterocycles. The third kappa shape index (κ3) is 9.43. The van der Waals surface area contributed by atoms with Crippen molar-refractivity contribution < 1.29 is 42.5 Å². The number of rotatable bonds is 0. The Hall–Kier alpha value is -0.660. The number of ketones is 2. The van der Waals surface area contributed by atoms with Gasteiger partial charge in [-0.05, 0) is 13.7 Å². The zero-order chi connectivity index (χ0) is 32.2. The highest BCUT2D eigenvalue weighted by Gasteiger charge is 2.15. The van der Waals surface area contributed by atoms with E-state index in [1.807, 2.05) is 0 Å². The third-order valence-electron chi connectivity index (χ3n) is 0.681. The second-order valence-corrected chi connectivity index (χ2v) is 2.16. The number of carbonyl (C=O) groups is 2. The molecule has 84 valence electrons. The van der Waals surface area contributed by atoms with Crippen LogP contribution >= 0.6 is 0 Å². The van der Waals surface area contributed by atoms with Crippen LogP contribution in [0.4, 0.5) is 0 Å². The minimum absolute atomic E-state index is 2.31. The first-order valence-corrected chi connectivity index (χ1v) is 2.91. The molecule has 2 nitrogen and oxygen atoms in total. The Morgan fingerprint density at radius 1 is 0.786 bits per heavy atom. The average Bonchev–Trinajstić information content (AvgIpc) is 2.45. The topological polar surface area (TPSA) is 34.1 Å². The fourth-order valence-corrected chi connectivity index (χ4v) is 0. The summed E-state index contributed by atoms with van der Waals surface area (Å²) < 4.78 is 169. The normalized spacial score (nSPS) is 44.0. The fraction of sp³-hybridized carbons (Fsp3) is 0.833. The second kappa shape index (κ2) is 5.28. The largest absolute Gasteiger partial charge is 0.299 e. The van der Waals surface area contributed by atoms with Gasteiger partial charge in [-0.1, -0.05) is 41.1 Å². The minimum atomic E-state index is -3.95. The van der Waals surface area contributed by atoms with Crippen molar-refractivity contribution in [3.8, 4) is 0 Å². The molecule has 0 fully saturated rings. The minimum Gasteiger partial charge on any atom is -0.299 e. The van der Waals surface area contributed by atoms with Crippen molar-refractivity contribution in [2.24, 2.45) is 10.8 Å². The van der Waals surface area contributed by atoms with E-state index < -0.39 is 77.2 Å². The van der Waals surface area contributed by atoms with Gasteiger partial charge in [-0.15, -0.1) is 0 Å². The number of Topliss-reactive ketones (excluding diaryl/α,β-unsaturated/α-hetero) is 2. The van der Waals surface area contributed by atoms with Gasteiger partial charge in [0.05, 0.1) is 0 Å². The summed E-state index contributed by atoms with van der Waals surface area (Å²) in [4.78, 5) is 23.6. The molecule has 0 saturated heterocycles. The van der Waals surface area contributed by atoms with E-state index >= 15 is 0 Å². The van der Waals surface area contributed by atoms with Crippen molar-refractivity contribution in [1.29, 1.82) is 0 Å². The second-order valence-electron chi connectivity index (χ2n) is 2.16. The molecule has 0 atom stereocenters. The lowest BCUT2D eigenvalue weighted by Gasteiger charge is -2.11. The summed E-state index contributed by atoms with van der Waals surface area (Å²) in [6, 6.07) is 0. The Kier molecular flexibility index (Phi) is 0.613. The Balaban J connectivity index is 0. The molecule has 2 heteroatoms. The number of hydrogen-bond acceptors (Lipinski definition) is 2. The van der Waals surface area contributed by atoms with Gasteiger partial charge in [-0.3, -0.25) is 9.59 Å². The highest BCUT2D eigenvalue weighted by molar-refractivity contribution is 5.81. The van der Waals surface area contributed by atoms with Crippen LogP contribution in [0.3, 0.4) is 0 Å². The molecule has 14 heavy (non-hydrogen) atoms. The monoisotopic (exact) mass is 224 g/mol. The van der Waals surface area contributed by atoms with E-state index in [1.165, 1.54) is 0 Å². The molecule has 0 aliphatic carbocycles. The van der Waals surface area contributed by atoms with Crippen LogP contribution < -0.4 is 0 Å². The lowest BCUT2D eigenvalue weighted by molar-refractivity contribution is -0.124. The van der Waals surface area contributed by atoms with Crippen molar-refractivity contribution in [2.75, 3.05) is 0 Å². The zero-order valence-corrected chi connectivity index (χ0v) is 6.82. The van der Waals surface area contributed by atoms with E-state index in [4.69, 9.17) is 32.9 Å². The van der Waals surface area contributed by atoms with E-state index in [-0.39, 0.29) is 0 Å². The number of carbonyl (C=O) groups excluding carboxylic acids is 2. The summed E-state index contributed by atoms with van der Waals surface area (Å²) in [6.45, 7) is -30.3. The van der Waals surface area contributed by atoms with E-state index in [0.29, 0.717) is 0 Å². The van der Waals surface area contributed by atoms with E-state index in [9.17, 15) is 9.59 Å². The molecular weight excluding hydrogens is 176 g/mol. The summed E-state index contributed by atoms with van der Waals surface area (Å²) in [5.74, 6) is -4.61. The van der Waals surface area contributed by atoms with E-state index in [2.05, 4.69) is 0 Å². The summed E-state index contributed by atoms with van der Waals surface area (Å²) in [5, 5.41) is 0. The average molecular weight is 224 g/mol. The van der Waals surface area contributed by atoms with Crippen LogP contribution in [0.5, 0.6) is 0 Å². The van der Waals surface area contributed by atoms with Crippen LogP contribution in [-0.2, 0) is 9.59 Å². The first-order chi connectivity index (χ1) is 15.8. The van der Waals surface area contributed by atoms with Crippen LogP contribution in [0.2, 0.25) is 0 Å². The van der Waals surface area contributed by atoms with Gasteiger partial charge in [0, 0.05) is 43.7 Å². The molecule has 0 aromatic heterocycles. The van der Waals surface area contributed by atoms with E-state index in [1.54, 1.807) is 0 Å². The molecule has 0 radical (unpaired) electrons. The molecule has 0 spiro atoms. The Morgan fingerprint density at radius 3 is 1.14 bits per heavy atom. The zero-order valence-electron chi connectivity index (χ0n) is 30.8. The van der Waals surface area contributed by atoms with E-state index in [0.717, 1.165) is 0 Å². The fourth-order valence-electron chi connectivity index (χ4n) is 0. The molecule has 0 bridgehead atoms. The Labute approximate surface area is 122 Å². The Bertz CT molecular complexity index is 701. The summed E-state index contributed by atoms with van der Waals surface area (Å²) >= 11 is 0. The standard InChI is InChI=1S/2C6H12O/c2*1-5(7)6(2,3)4/h2*1-4H3/i2*1D3,2D3,3D3,4D3. The molecule has 0 rings (SSSR count). The number of hydrogen-bond donors (Lipinski definition) is 0. The molecule has 0 aromatic rings. The lowest BCUT2D eigenvalue weighted by Crippen LogP contribution is -2.15. The molecule has 0 unspecified atom stereocenters. The SMILES string of the molecule is [2H]C([2H])([2H])C(=O)C(C([2H])([2H])[2H])(C([2H])([2H])[2H])C([2H])([2H])[2H].[2H]C([2H])([2H])C(=O)C(C([2H])([2H])[2H])(C([2H])([2H])[2H])C([2H])([2H])[2H]. The first-order valence-electron chi connectivity index (χ1n) is 14.9. The molecular formula is C12H24O2. The lowest BCUT2D eigenvalue weighted by atomic mass is 9.92. The van der Waals surface area contributed by atoms with Gasteiger partial charge < -0.3 is 0 Å². The van der Waals surface area contributed by atoms with Crippen LogP contribution in [-0.4, -0.2) is 11.6 Å². The van der Waals surface area contributed by atoms with Crippen molar-refractivity contribution in [2.45, 2.75) is 54.8 Å².